The van der Waals surface area contributed by atoms with Crippen molar-refractivity contribution in [3.8, 4) is 0 Å². The van der Waals surface area contributed by atoms with E-state index in [1.54, 1.807) is 45.6 Å². The van der Waals surface area contributed by atoms with Crippen LogP contribution in [-0.4, -0.2) is 99.0 Å². The zero-order chi connectivity index (χ0) is 28.9. The molecule has 1 aliphatic heterocycles. The van der Waals surface area contributed by atoms with Gasteiger partial charge in [0.25, 0.3) is 0 Å². The monoisotopic (exact) mass is 569 g/mol. The Kier molecular flexibility index (Phi) is 6.25. The molecule has 6 aliphatic rings. The van der Waals surface area contributed by atoms with Crippen LogP contribution in [0, 0.1) is 34.5 Å². The van der Waals surface area contributed by atoms with E-state index in [-0.39, 0.29) is 53.3 Å². The molecule has 1 unspecified atom stereocenters. The number of aliphatic hydroxyl groups is 1. The van der Waals surface area contributed by atoms with Gasteiger partial charge < -0.3 is 33.7 Å². The van der Waals surface area contributed by atoms with Gasteiger partial charge in [0.2, 0.25) is 0 Å². The molecule has 1 N–H and O–H groups in total. The summed E-state index contributed by atoms with van der Waals surface area (Å²) in [5.41, 5.74) is -2.32. The van der Waals surface area contributed by atoms with E-state index in [0.29, 0.717) is 31.4 Å². The van der Waals surface area contributed by atoms with Crippen molar-refractivity contribution in [2.75, 3.05) is 41.5 Å². The van der Waals surface area contributed by atoms with Crippen LogP contribution in [0.2, 0.25) is 0 Å². The van der Waals surface area contributed by atoms with E-state index >= 15 is 0 Å². The van der Waals surface area contributed by atoms with Crippen molar-refractivity contribution in [2.24, 2.45) is 34.5 Å². The van der Waals surface area contributed by atoms with Crippen LogP contribution in [0.4, 0.5) is 0 Å². The highest BCUT2D eigenvalue weighted by molar-refractivity contribution is 5.89. The maximum absolute atomic E-state index is 13.5. The maximum atomic E-state index is 13.5. The van der Waals surface area contributed by atoms with Gasteiger partial charge in [0, 0.05) is 69.4 Å². The second-order valence-corrected chi connectivity index (χ2v) is 13.8. The average Bonchev–Trinajstić information content (AvgIpc) is 3.32. The van der Waals surface area contributed by atoms with Gasteiger partial charge in [-0.25, -0.2) is 4.79 Å². The van der Waals surface area contributed by atoms with Crippen molar-refractivity contribution in [1.29, 1.82) is 0 Å². The number of nitrogens with zero attached hydrogens (tertiary/aromatic N) is 1. The van der Waals surface area contributed by atoms with Gasteiger partial charge in [-0.1, -0.05) is 18.2 Å². The molecule has 224 valence electrons. The second-order valence-electron chi connectivity index (χ2n) is 13.8. The van der Waals surface area contributed by atoms with Crippen LogP contribution in [0.25, 0.3) is 0 Å². The number of hydrogen-bond acceptors (Lipinski definition) is 9. The number of esters is 2. The number of benzene rings is 1. The van der Waals surface area contributed by atoms with Gasteiger partial charge in [-0.2, -0.15) is 0 Å². The Morgan fingerprint density at radius 2 is 1.80 bits per heavy atom. The molecule has 1 heterocycles. The summed E-state index contributed by atoms with van der Waals surface area (Å²) in [5.74, 6) is -1.43. The minimum absolute atomic E-state index is 0.0132. The third-order valence-electron chi connectivity index (χ3n) is 12.4. The van der Waals surface area contributed by atoms with Gasteiger partial charge >= 0.3 is 11.9 Å². The van der Waals surface area contributed by atoms with Crippen LogP contribution in [0.15, 0.2) is 30.3 Å². The molecule has 1 aromatic rings. The van der Waals surface area contributed by atoms with E-state index in [0.717, 1.165) is 19.4 Å². The Hall–Kier alpha value is -2.04. The molecule has 5 aliphatic carbocycles. The topological polar surface area (TPSA) is 104 Å². The predicted octanol–water partition coefficient (Wildman–Crippen LogP) is 2.69. The largest absolute Gasteiger partial charge is 0.458 e. The molecule has 5 saturated carbocycles. The third-order valence-corrected chi connectivity index (χ3v) is 12.4. The fraction of sp³-hybridized carbons (Fsp3) is 0.750. The first-order valence-electron chi connectivity index (χ1n) is 15.1. The molecule has 0 aromatic heterocycles. The molecule has 9 nitrogen and oxygen atoms in total. The van der Waals surface area contributed by atoms with Crippen molar-refractivity contribution in [2.45, 2.75) is 74.6 Å². The maximum Gasteiger partial charge on any atom is 0.338 e. The first-order chi connectivity index (χ1) is 19.6. The van der Waals surface area contributed by atoms with Crippen molar-refractivity contribution < 1.29 is 38.4 Å². The number of methoxy groups -OCH3 is 3. The van der Waals surface area contributed by atoms with Crippen LogP contribution < -0.4 is 0 Å². The molecule has 0 amide bonds. The van der Waals surface area contributed by atoms with Crippen molar-refractivity contribution in [3.05, 3.63) is 35.9 Å². The number of carbonyl (C=O) groups is 2. The SMILES string of the molecule is COC[C@@]12CC[C@H](OC)[C@]34C([C@H]([C@H](OC)[C@H]13)[C@@]1(OC(C)=O)CC[C@@]3(O)C[C@@H]4[C@@H]1[C@H]3OC(=O)c1ccccc1)N(C)C2. The van der Waals surface area contributed by atoms with E-state index in [2.05, 4.69) is 11.9 Å². The molecule has 1 spiro atoms. The number of piperidine rings is 1. The summed E-state index contributed by atoms with van der Waals surface area (Å²) in [4.78, 5) is 28.9. The van der Waals surface area contributed by atoms with Gasteiger partial charge in [-0.05, 0) is 57.2 Å². The van der Waals surface area contributed by atoms with Crippen LogP contribution in [0.1, 0.15) is 49.4 Å². The molecule has 12 atom stereocenters. The number of ether oxygens (including phenoxy) is 5. The van der Waals surface area contributed by atoms with Gasteiger partial charge in [0.05, 0.1) is 24.4 Å². The van der Waals surface area contributed by atoms with Crippen LogP contribution in [0.5, 0.6) is 0 Å². The number of fused-ring (bicyclic) bond motifs is 2. The van der Waals surface area contributed by atoms with Gasteiger partial charge in [-0.15, -0.1) is 0 Å². The minimum Gasteiger partial charge on any atom is -0.458 e. The number of rotatable bonds is 7. The molecule has 7 bridgehead atoms. The van der Waals surface area contributed by atoms with Gasteiger partial charge in [-0.3, -0.25) is 4.79 Å². The van der Waals surface area contributed by atoms with E-state index < -0.39 is 28.7 Å². The molecule has 1 aromatic carbocycles. The van der Waals surface area contributed by atoms with Gasteiger partial charge in [0.15, 0.2) is 0 Å². The van der Waals surface area contributed by atoms with Crippen LogP contribution in [0.3, 0.4) is 0 Å². The molecule has 7 rings (SSSR count). The van der Waals surface area contributed by atoms with Crippen LogP contribution in [-0.2, 0) is 28.5 Å². The van der Waals surface area contributed by atoms with Crippen LogP contribution >= 0.6 is 0 Å². The van der Waals surface area contributed by atoms with Crippen molar-refractivity contribution in [3.63, 3.8) is 0 Å². The Labute approximate surface area is 241 Å². The van der Waals surface area contributed by atoms with E-state index in [9.17, 15) is 14.7 Å². The summed E-state index contributed by atoms with van der Waals surface area (Å²) >= 11 is 0. The highest BCUT2D eigenvalue weighted by atomic mass is 16.6. The Morgan fingerprint density at radius 1 is 1.05 bits per heavy atom. The quantitative estimate of drug-likeness (QED) is 0.497. The normalized spacial score (nSPS) is 49.0. The van der Waals surface area contributed by atoms with Crippen molar-refractivity contribution >= 4 is 11.9 Å². The predicted molar refractivity (Wildman–Crippen MR) is 147 cm³/mol. The Morgan fingerprint density at radius 3 is 2.46 bits per heavy atom. The molecule has 0 radical (unpaired) electrons. The molecule has 9 heteroatoms. The number of carbonyl (C=O) groups excluding carboxylic acids is 2. The highest BCUT2D eigenvalue weighted by Crippen LogP contribution is 2.80. The van der Waals surface area contributed by atoms with E-state index in [1.165, 1.54) is 6.92 Å². The molecule has 6 fully saturated rings. The molecular weight excluding hydrogens is 526 g/mol. The smallest absolute Gasteiger partial charge is 0.338 e. The summed E-state index contributed by atoms with van der Waals surface area (Å²) in [6, 6.07) is 8.92. The summed E-state index contributed by atoms with van der Waals surface area (Å²) in [7, 11) is 7.51. The summed E-state index contributed by atoms with van der Waals surface area (Å²) in [5, 5.41) is 12.3. The molecule has 41 heavy (non-hydrogen) atoms. The zero-order valence-electron chi connectivity index (χ0n) is 24.7. The Bertz CT molecular complexity index is 1230. The highest BCUT2D eigenvalue weighted by Gasteiger charge is 2.88. The average molecular weight is 570 g/mol. The standard InChI is InChI=1S/C32H43NO8/c1-18(34)41-31-14-13-30(36)15-20(22(31)27(30)40-28(35)19-9-7-6-8-10-19)32-21(38-4)11-12-29(17-37-3)16-33(2)26(32)23(31)24(39-5)25(29)32/h6-10,20-27,36H,11-17H2,1-5H3/t20-,21+,22-,23+,24+,25-,26?,27-,29+,30-,31-,32+/m1/s1. The summed E-state index contributed by atoms with van der Waals surface area (Å²) < 4.78 is 31.7. The first-order valence-corrected chi connectivity index (χ1v) is 15.1. The summed E-state index contributed by atoms with van der Waals surface area (Å²) in [6.07, 6.45) is 2.04. The fourth-order valence-electron chi connectivity index (χ4n) is 11.9. The number of likely N-dealkylation sites (tertiary alicyclic amines) is 1. The Balaban J connectivity index is 1.45. The lowest BCUT2D eigenvalue weighted by atomic mass is 9.43. The lowest BCUT2D eigenvalue weighted by molar-refractivity contribution is -0.275. The third kappa shape index (κ3) is 3.30. The zero-order valence-corrected chi connectivity index (χ0v) is 24.7. The molecular formula is C32H43NO8. The fourth-order valence-corrected chi connectivity index (χ4v) is 11.9. The lowest BCUT2D eigenvalue weighted by Crippen LogP contribution is -2.76. The van der Waals surface area contributed by atoms with Gasteiger partial charge in [0.1, 0.15) is 17.3 Å². The summed E-state index contributed by atoms with van der Waals surface area (Å²) in [6.45, 7) is 2.91. The van der Waals surface area contributed by atoms with Crippen molar-refractivity contribution in [1.82, 2.24) is 4.90 Å². The first kappa shape index (κ1) is 27.8. The number of hydrogen-bond donors (Lipinski definition) is 1. The van der Waals surface area contributed by atoms with E-state index in [4.69, 9.17) is 23.7 Å². The molecule has 1 saturated heterocycles. The second kappa shape index (κ2) is 9.23. The minimum atomic E-state index is -1.22. The van der Waals surface area contributed by atoms with E-state index in [1.807, 2.05) is 6.07 Å². The lowest BCUT2D eigenvalue weighted by Gasteiger charge is -2.68.